The average Bonchev–Trinajstić information content (AvgIpc) is 3.45. The summed E-state index contributed by atoms with van der Waals surface area (Å²) in [6.45, 7) is 0.762. The van der Waals surface area contributed by atoms with Crippen LogP contribution in [-0.2, 0) is 16.6 Å². The van der Waals surface area contributed by atoms with Gasteiger partial charge in [0.05, 0.1) is 28.3 Å². The SMILES string of the molecule is Cn1nnnc1SCC(=O)Nc1ccc2nc(SCC(=O)NCCOc3ccc(Cl)cc3)sc2c1. The van der Waals surface area contributed by atoms with Crippen LogP contribution in [0.3, 0.4) is 0 Å². The highest BCUT2D eigenvalue weighted by Crippen LogP contribution is 2.31. The number of amides is 2. The van der Waals surface area contributed by atoms with E-state index < -0.39 is 0 Å². The molecule has 14 heteroatoms. The monoisotopic (exact) mass is 549 g/mol. The number of fused-ring (bicyclic) bond motifs is 1. The van der Waals surface area contributed by atoms with Gasteiger partial charge in [0.15, 0.2) is 4.34 Å². The van der Waals surface area contributed by atoms with E-state index in [1.54, 1.807) is 37.4 Å². The van der Waals surface area contributed by atoms with Crippen LogP contribution in [0.25, 0.3) is 10.2 Å². The van der Waals surface area contributed by atoms with Gasteiger partial charge in [-0.3, -0.25) is 9.59 Å². The van der Waals surface area contributed by atoms with Gasteiger partial charge in [0.25, 0.3) is 0 Å². The van der Waals surface area contributed by atoms with E-state index >= 15 is 0 Å². The molecule has 0 saturated carbocycles. The maximum absolute atomic E-state index is 12.3. The fraction of sp³-hybridized carbons (Fsp3) is 0.238. The van der Waals surface area contributed by atoms with Gasteiger partial charge in [-0.1, -0.05) is 35.1 Å². The molecular formula is C21H20ClN7O3S3. The Balaban J connectivity index is 1.20. The molecule has 4 aromatic rings. The van der Waals surface area contributed by atoms with Crippen molar-refractivity contribution in [2.45, 2.75) is 9.50 Å². The number of rotatable bonds is 11. The first-order valence-electron chi connectivity index (χ1n) is 10.3. The Labute approximate surface area is 218 Å². The molecule has 2 heterocycles. The number of carbonyl (C=O) groups is 2. The summed E-state index contributed by atoms with van der Waals surface area (Å²) in [5.74, 6) is 0.879. The summed E-state index contributed by atoms with van der Waals surface area (Å²) in [4.78, 5) is 28.9. The highest BCUT2D eigenvalue weighted by Gasteiger charge is 2.11. The highest BCUT2D eigenvalue weighted by atomic mass is 35.5. The third-order valence-electron chi connectivity index (χ3n) is 4.40. The molecule has 2 N–H and O–H groups in total. The molecule has 35 heavy (non-hydrogen) atoms. The summed E-state index contributed by atoms with van der Waals surface area (Å²) < 4.78 is 8.77. The fourth-order valence-electron chi connectivity index (χ4n) is 2.78. The van der Waals surface area contributed by atoms with Gasteiger partial charge >= 0.3 is 0 Å². The van der Waals surface area contributed by atoms with E-state index in [2.05, 4.69) is 31.1 Å². The Morgan fingerprint density at radius 2 is 1.91 bits per heavy atom. The van der Waals surface area contributed by atoms with Crippen molar-refractivity contribution >= 4 is 74.2 Å². The molecule has 0 atom stereocenters. The first-order valence-corrected chi connectivity index (χ1v) is 13.5. The molecule has 0 saturated heterocycles. The Morgan fingerprint density at radius 3 is 2.69 bits per heavy atom. The second kappa shape index (κ2) is 12.2. The molecule has 2 aromatic carbocycles. The number of halogens is 1. The van der Waals surface area contributed by atoms with E-state index in [1.807, 2.05) is 12.1 Å². The number of nitrogens with one attached hydrogen (secondary N) is 2. The topological polar surface area (TPSA) is 124 Å². The molecular weight excluding hydrogens is 530 g/mol. The van der Waals surface area contributed by atoms with Crippen LogP contribution in [0.15, 0.2) is 52.0 Å². The van der Waals surface area contributed by atoms with E-state index in [0.717, 1.165) is 14.6 Å². The third kappa shape index (κ3) is 7.56. The Kier molecular flexibility index (Phi) is 8.79. The number of aromatic nitrogens is 5. The van der Waals surface area contributed by atoms with Gasteiger partial charge in [0.2, 0.25) is 17.0 Å². The molecule has 0 aliphatic rings. The number of tetrazole rings is 1. The summed E-state index contributed by atoms with van der Waals surface area (Å²) in [6, 6.07) is 12.6. The lowest BCUT2D eigenvalue weighted by Gasteiger charge is -2.07. The molecule has 182 valence electrons. The minimum absolute atomic E-state index is 0.0995. The van der Waals surface area contributed by atoms with Crippen LogP contribution >= 0.6 is 46.5 Å². The van der Waals surface area contributed by atoms with E-state index in [4.69, 9.17) is 16.3 Å². The summed E-state index contributed by atoms with van der Waals surface area (Å²) in [5.41, 5.74) is 1.49. The largest absolute Gasteiger partial charge is 0.492 e. The van der Waals surface area contributed by atoms with Crippen LogP contribution in [0.2, 0.25) is 5.02 Å². The summed E-state index contributed by atoms with van der Waals surface area (Å²) >= 11 is 9.93. The third-order valence-corrected chi connectivity index (χ3v) is 7.82. The van der Waals surface area contributed by atoms with Crippen molar-refractivity contribution in [1.82, 2.24) is 30.5 Å². The minimum atomic E-state index is -0.159. The number of anilines is 1. The number of thioether (sulfide) groups is 2. The van der Waals surface area contributed by atoms with Crippen molar-refractivity contribution in [2.24, 2.45) is 7.05 Å². The molecule has 4 rings (SSSR count). The van der Waals surface area contributed by atoms with E-state index in [1.165, 1.54) is 39.5 Å². The van der Waals surface area contributed by atoms with Gasteiger partial charge in [0, 0.05) is 17.8 Å². The summed E-state index contributed by atoms with van der Waals surface area (Å²) in [6.07, 6.45) is 0. The molecule has 0 aliphatic carbocycles. The number of hydrogen-bond acceptors (Lipinski definition) is 10. The van der Waals surface area contributed by atoms with Crippen LogP contribution in [0.4, 0.5) is 5.69 Å². The summed E-state index contributed by atoms with van der Waals surface area (Å²) in [5, 5.41) is 18.0. The van der Waals surface area contributed by atoms with Crippen molar-refractivity contribution in [3.63, 3.8) is 0 Å². The van der Waals surface area contributed by atoms with Crippen molar-refractivity contribution in [2.75, 3.05) is 30.0 Å². The molecule has 0 spiro atoms. The van der Waals surface area contributed by atoms with E-state index in [9.17, 15) is 9.59 Å². The second-order valence-corrected chi connectivity index (χ2v) is 10.7. The zero-order valence-corrected chi connectivity index (χ0v) is 21.6. The van der Waals surface area contributed by atoms with Crippen LogP contribution in [0, 0.1) is 0 Å². The Morgan fingerprint density at radius 1 is 1.11 bits per heavy atom. The second-order valence-electron chi connectivity index (χ2n) is 7.03. The zero-order chi connectivity index (χ0) is 24.6. The normalized spacial score (nSPS) is 10.9. The first kappa shape index (κ1) is 25.2. The molecule has 2 aromatic heterocycles. The van der Waals surface area contributed by atoms with Crippen molar-refractivity contribution < 1.29 is 14.3 Å². The standard InChI is InChI=1S/C21H20ClN7O3S3/c1-29-20(26-27-28-29)33-12-19(31)24-14-4-7-16-17(10-14)35-21(25-16)34-11-18(30)23-8-9-32-15-5-2-13(22)3-6-15/h2-7,10H,8-9,11-12H2,1H3,(H,23,30)(H,24,31). The Hall–Kier alpha value is -2.87. The maximum Gasteiger partial charge on any atom is 0.234 e. The molecule has 0 bridgehead atoms. The van der Waals surface area contributed by atoms with Crippen molar-refractivity contribution in [1.29, 1.82) is 0 Å². The Bertz CT molecular complexity index is 1310. The van der Waals surface area contributed by atoms with Crippen LogP contribution in [0.5, 0.6) is 5.75 Å². The van der Waals surface area contributed by atoms with Crippen LogP contribution < -0.4 is 15.4 Å². The fourth-order valence-corrected chi connectivity index (χ4v) is 5.50. The van der Waals surface area contributed by atoms with Gasteiger partial charge in [-0.05, 0) is 52.9 Å². The number of aryl methyl sites for hydroxylation is 1. The van der Waals surface area contributed by atoms with Gasteiger partial charge in [-0.15, -0.1) is 16.4 Å². The first-order chi connectivity index (χ1) is 17.0. The number of thiazole rings is 1. The maximum atomic E-state index is 12.3. The number of ether oxygens (including phenoxy) is 1. The number of nitrogens with zero attached hydrogens (tertiary/aromatic N) is 5. The minimum Gasteiger partial charge on any atom is -0.492 e. The lowest BCUT2D eigenvalue weighted by atomic mass is 10.3. The number of carbonyl (C=O) groups excluding carboxylic acids is 2. The zero-order valence-electron chi connectivity index (χ0n) is 18.4. The molecule has 0 radical (unpaired) electrons. The summed E-state index contributed by atoms with van der Waals surface area (Å²) in [7, 11) is 1.72. The van der Waals surface area contributed by atoms with E-state index in [-0.39, 0.29) is 23.3 Å². The van der Waals surface area contributed by atoms with E-state index in [0.29, 0.717) is 34.8 Å². The highest BCUT2D eigenvalue weighted by molar-refractivity contribution is 8.01. The average molecular weight is 550 g/mol. The molecule has 0 fully saturated rings. The molecule has 0 aliphatic heterocycles. The van der Waals surface area contributed by atoms with Gasteiger partial charge in [0.1, 0.15) is 12.4 Å². The molecule has 10 nitrogen and oxygen atoms in total. The van der Waals surface area contributed by atoms with Crippen molar-refractivity contribution in [3.8, 4) is 5.75 Å². The van der Waals surface area contributed by atoms with Gasteiger partial charge in [-0.2, -0.15) is 0 Å². The lowest BCUT2D eigenvalue weighted by molar-refractivity contribution is -0.118. The predicted octanol–water partition coefficient (Wildman–Crippen LogP) is 3.49. The van der Waals surface area contributed by atoms with Gasteiger partial charge in [-0.25, -0.2) is 9.67 Å². The lowest BCUT2D eigenvalue weighted by Crippen LogP contribution is -2.29. The quantitative estimate of drug-likeness (QED) is 0.214. The number of benzene rings is 2. The number of hydrogen-bond donors (Lipinski definition) is 2. The molecule has 2 amide bonds. The molecule has 0 unspecified atom stereocenters. The van der Waals surface area contributed by atoms with Gasteiger partial charge < -0.3 is 15.4 Å². The smallest absolute Gasteiger partial charge is 0.234 e. The predicted molar refractivity (Wildman–Crippen MR) is 138 cm³/mol. The van der Waals surface area contributed by atoms with Crippen LogP contribution in [0.1, 0.15) is 0 Å². The van der Waals surface area contributed by atoms with Crippen LogP contribution in [-0.4, -0.2) is 61.7 Å². The van der Waals surface area contributed by atoms with Crippen molar-refractivity contribution in [3.05, 3.63) is 47.5 Å².